The Bertz CT molecular complexity index is 1610. The number of carbonyl (C=O) groups is 2. The molecule has 2 aromatic carbocycles. The number of halogens is 1. The molecule has 1 atom stereocenters. The van der Waals surface area contributed by atoms with E-state index in [9.17, 15) is 14.4 Å². The SMILES string of the molecule is Cc1nsc2nc(C(C(C)C)N(CCNC(=O)OC(C)(C)C)C(=O)c3ccc(Br)cc3)n(Cc3ccccc3)c(=O)c12. The van der Waals surface area contributed by atoms with Crippen LogP contribution in [0.25, 0.3) is 10.2 Å². The molecule has 2 aromatic heterocycles. The summed E-state index contributed by atoms with van der Waals surface area (Å²) in [7, 11) is 0. The average Bonchev–Trinajstić information content (AvgIpc) is 3.29. The predicted octanol–water partition coefficient (Wildman–Crippen LogP) is 6.34. The maximum absolute atomic E-state index is 14.1. The summed E-state index contributed by atoms with van der Waals surface area (Å²) in [5.41, 5.74) is 1.19. The van der Waals surface area contributed by atoms with E-state index in [1.54, 1.807) is 49.3 Å². The van der Waals surface area contributed by atoms with Crippen LogP contribution in [0.5, 0.6) is 0 Å². The van der Waals surface area contributed by atoms with Crippen LogP contribution in [0.3, 0.4) is 0 Å². The Hall–Kier alpha value is -3.57. The van der Waals surface area contributed by atoms with Gasteiger partial charge in [-0.15, -0.1) is 0 Å². The number of alkyl carbamates (subject to hydrolysis) is 1. The van der Waals surface area contributed by atoms with Crippen LogP contribution in [-0.2, 0) is 11.3 Å². The Morgan fingerprint density at radius 3 is 2.38 bits per heavy atom. The molecule has 0 saturated heterocycles. The van der Waals surface area contributed by atoms with Crippen molar-refractivity contribution in [3.8, 4) is 0 Å². The van der Waals surface area contributed by atoms with E-state index >= 15 is 0 Å². The number of ether oxygens (including phenoxy) is 1. The Morgan fingerprint density at radius 2 is 1.76 bits per heavy atom. The second-order valence-electron chi connectivity index (χ2n) is 11.4. The molecule has 0 aliphatic rings. The summed E-state index contributed by atoms with van der Waals surface area (Å²) in [6.45, 7) is 11.8. The second-order valence-corrected chi connectivity index (χ2v) is 13.1. The summed E-state index contributed by atoms with van der Waals surface area (Å²) in [4.78, 5) is 47.8. The highest BCUT2D eigenvalue weighted by Gasteiger charge is 2.33. The first-order valence-corrected chi connectivity index (χ1v) is 15.4. The number of nitrogens with one attached hydrogen (secondary N) is 1. The molecule has 1 N–H and O–H groups in total. The summed E-state index contributed by atoms with van der Waals surface area (Å²) in [6.07, 6.45) is -0.569. The fraction of sp³-hybridized carbons (Fsp3) is 0.387. The van der Waals surface area contributed by atoms with Gasteiger partial charge in [0.25, 0.3) is 11.5 Å². The minimum absolute atomic E-state index is 0.133. The highest BCUT2D eigenvalue weighted by atomic mass is 79.9. The van der Waals surface area contributed by atoms with Gasteiger partial charge in [0.1, 0.15) is 11.4 Å². The van der Waals surface area contributed by atoms with Crippen LogP contribution in [-0.4, -0.2) is 49.5 Å². The van der Waals surface area contributed by atoms with Crippen LogP contribution in [0, 0.1) is 12.8 Å². The van der Waals surface area contributed by atoms with Crippen LogP contribution in [0.1, 0.15) is 68.1 Å². The highest BCUT2D eigenvalue weighted by Crippen LogP contribution is 2.31. The van der Waals surface area contributed by atoms with Crippen LogP contribution in [0.2, 0.25) is 0 Å². The zero-order chi connectivity index (χ0) is 30.6. The lowest BCUT2D eigenvalue weighted by molar-refractivity contribution is 0.0486. The molecule has 1 unspecified atom stereocenters. The first-order chi connectivity index (χ1) is 19.9. The zero-order valence-corrected chi connectivity index (χ0v) is 27.1. The molecule has 9 nitrogen and oxygen atoms in total. The molecule has 2 amide bonds. The lowest BCUT2D eigenvalue weighted by Crippen LogP contribution is -2.45. The zero-order valence-electron chi connectivity index (χ0n) is 24.7. The molecule has 42 heavy (non-hydrogen) atoms. The Kier molecular flexibility index (Phi) is 9.83. The first-order valence-electron chi connectivity index (χ1n) is 13.8. The van der Waals surface area contributed by atoms with E-state index in [1.165, 1.54) is 11.5 Å². The molecule has 11 heteroatoms. The van der Waals surface area contributed by atoms with Gasteiger partial charge in [0.05, 0.1) is 23.7 Å². The maximum Gasteiger partial charge on any atom is 0.407 e. The van der Waals surface area contributed by atoms with Gasteiger partial charge < -0.3 is 15.0 Å². The third-order valence-electron chi connectivity index (χ3n) is 6.58. The van der Waals surface area contributed by atoms with Crippen LogP contribution >= 0.6 is 27.5 Å². The number of rotatable bonds is 9. The van der Waals surface area contributed by atoms with Gasteiger partial charge in [-0.25, -0.2) is 9.78 Å². The van der Waals surface area contributed by atoms with Crippen LogP contribution in [0.15, 0.2) is 63.9 Å². The number of hydrogen-bond acceptors (Lipinski definition) is 7. The van der Waals surface area contributed by atoms with Gasteiger partial charge in [-0.1, -0.05) is 60.1 Å². The molecule has 4 rings (SSSR count). The molecular formula is C31H36BrN5O4S. The molecule has 0 radical (unpaired) electrons. The van der Waals surface area contributed by atoms with Gasteiger partial charge in [-0.3, -0.25) is 14.2 Å². The topological polar surface area (TPSA) is 106 Å². The summed E-state index contributed by atoms with van der Waals surface area (Å²) in [5, 5.41) is 3.26. The average molecular weight is 655 g/mol. The fourth-order valence-corrected chi connectivity index (χ4v) is 5.78. The molecular weight excluding hydrogens is 618 g/mol. The van der Waals surface area contributed by atoms with Crippen molar-refractivity contribution in [1.82, 2.24) is 24.1 Å². The Labute approximate surface area is 258 Å². The van der Waals surface area contributed by atoms with E-state index in [1.807, 2.05) is 56.3 Å². The lowest BCUT2D eigenvalue weighted by Gasteiger charge is -2.35. The number of carbonyl (C=O) groups excluding carboxylic acids is 2. The van der Waals surface area contributed by atoms with E-state index in [0.29, 0.717) is 27.3 Å². The van der Waals surface area contributed by atoms with Crippen molar-refractivity contribution in [1.29, 1.82) is 0 Å². The Morgan fingerprint density at radius 1 is 1.10 bits per heavy atom. The molecule has 222 valence electrons. The lowest BCUT2D eigenvalue weighted by atomic mass is 9.99. The third kappa shape index (κ3) is 7.43. The third-order valence-corrected chi connectivity index (χ3v) is 7.95. The quantitative estimate of drug-likeness (QED) is 0.226. The number of hydrogen-bond donors (Lipinski definition) is 1. The predicted molar refractivity (Wildman–Crippen MR) is 169 cm³/mol. The number of aryl methyl sites for hydroxylation is 1. The van der Waals surface area contributed by atoms with Crippen molar-refractivity contribution >= 4 is 49.7 Å². The van der Waals surface area contributed by atoms with Crippen molar-refractivity contribution in [2.75, 3.05) is 13.1 Å². The Balaban J connectivity index is 1.82. The largest absolute Gasteiger partial charge is 0.444 e. The number of benzene rings is 2. The van der Waals surface area contributed by atoms with Crippen molar-refractivity contribution in [2.45, 2.75) is 59.7 Å². The summed E-state index contributed by atoms with van der Waals surface area (Å²) < 4.78 is 12.3. The molecule has 0 aliphatic carbocycles. The number of amides is 2. The van der Waals surface area contributed by atoms with E-state index in [0.717, 1.165) is 10.0 Å². The van der Waals surface area contributed by atoms with Crippen LogP contribution in [0.4, 0.5) is 4.79 Å². The van der Waals surface area contributed by atoms with Gasteiger partial charge in [0.2, 0.25) is 0 Å². The fourth-order valence-electron chi connectivity index (χ4n) is 4.74. The van der Waals surface area contributed by atoms with E-state index in [4.69, 9.17) is 9.72 Å². The monoisotopic (exact) mass is 653 g/mol. The molecule has 4 aromatic rings. The van der Waals surface area contributed by atoms with E-state index < -0.39 is 17.7 Å². The van der Waals surface area contributed by atoms with Gasteiger partial charge in [0.15, 0.2) is 4.83 Å². The van der Waals surface area contributed by atoms with Crippen LogP contribution < -0.4 is 10.9 Å². The van der Waals surface area contributed by atoms with Gasteiger partial charge >= 0.3 is 6.09 Å². The standard InChI is InChI=1S/C31H36BrN5O4S/c1-19(2)25(26-34-27-24(20(3)35-42-27)29(39)37(26)18-21-10-8-7-9-11-21)36(17-16-33-30(40)41-31(4,5)6)28(38)22-12-14-23(32)15-13-22/h7-15,19,25H,16-18H2,1-6H3,(H,33,40). The smallest absolute Gasteiger partial charge is 0.407 e. The molecule has 0 aliphatic heterocycles. The number of aromatic nitrogens is 3. The minimum atomic E-state index is -0.656. The van der Waals surface area contributed by atoms with Crippen molar-refractivity contribution in [3.05, 3.63) is 92.1 Å². The molecule has 0 spiro atoms. The number of fused-ring (bicyclic) bond motifs is 1. The van der Waals surface area contributed by atoms with Gasteiger partial charge in [-0.05, 0) is 75.0 Å². The van der Waals surface area contributed by atoms with Gasteiger partial charge in [0, 0.05) is 23.1 Å². The van der Waals surface area contributed by atoms with Crippen molar-refractivity contribution in [2.24, 2.45) is 5.92 Å². The molecule has 0 bridgehead atoms. The van der Waals surface area contributed by atoms with E-state index in [-0.39, 0.29) is 37.0 Å². The van der Waals surface area contributed by atoms with Gasteiger partial charge in [-0.2, -0.15) is 4.37 Å². The number of nitrogens with zero attached hydrogens (tertiary/aromatic N) is 4. The summed E-state index contributed by atoms with van der Waals surface area (Å²) in [5.74, 6) is 0.0948. The highest BCUT2D eigenvalue weighted by molar-refractivity contribution is 9.10. The normalized spacial score (nSPS) is 12.4. The van der Waals surface area contributed by atoms with Crippen molar-refractivity contribution in [3.63, 3.8) is 0 Å². The summed E-state index contributed by atoms with van der Waals surface area (Å²) in [6, 6.07) is 16.2. The van der Waals surface area contributed by atoms with E-state index in [2.05, 4.69) is 25.6 Å². The maximum atomic E-state index is 14.1. The summed E-state index contributed by atoms with van der Waals surface area (Å²) >= 11 is 4.61. The molecule has 2 heterocycles. The molecule has 0 saturated carbocycles. The van der Waals surface area contributed by atoms with Crippen molar-refractivity contribution < 1.29 is 14.3 Å². The first kappa shape index (κ1) is 31.4. The second kappa shape index (κ2) is 13.2. The minimum Gasteiger partial charge on any atom is -0.444 e. The molecule has 0 fully saturated rings.